The van der Waals surface area contributed by atoms with E-state index >= 15 is 0 Å². The molecule has 3 heterocycles. The number of furan rings is 1. The van der Waals surface area contributed by atoms with Crippen molar-refractivity contribution in [3.8, 4) is 11.5 Å². The van der Waals surface area contributed by atoms with Crippen molar-refractivity contribution in [3.05, 3.63) is 76.3 Å². The molecule has 1 aliphatic heterocycles. The molecule has 0 spiro atoms. The molecule has 8 nitrogen and oxygen atoms in total. The monoisotopic (exact) mass is 455 g/mol. The zero-order valence-electron chi connectivity index (χ0n) is 17.9. The van der Waals surface area contributed by atoms with E-state index < -0.39 is 21.5 Å². The lowest BCUT2D eigenvalue weighted by Crippen LogP contribution is -2.51. The molecule has 1 saturated heterocycles. The molecule has 1 N–H and O–H groups in total. The highest BCUT2D eigenvalue weighted by molar-refractivity contribution is 7.89. The van der Waals surface area contributed by atoms with E-state index in [-0.39, 0.29) is 36.6 Å². The maximum Gasteiger partial charge on any atom is 0.261 e. The van der Waals surface area contributed by atoms with Gasteiger partial charge in [0.1, 0.15) is 11.3 Å². The topological polar surface area (TPSA) is 104 Å². The van der Waals surface area contributed by atoms with Gasteiger partial charge in [-0.05, 0) is 47.9 Å². The molecule has 2 aromatic heterocycles. The van der Waals surface area contributed by atoms with E-state index in [9.17, 15) is 18.0 Å². The van der Waals surface area contributed by atoms with Crippen molar-refractivity contribution in [2.24, 2.45) is 0 Å². The number of amides is 1. The molecule has 0 saturated carbocycles. The second kappa shape index (κ2) is 8.76. The van der Waals surface area contributed by atoms with E-state index in [0.29, 0.717) is 17.4 Å². The lowest BCUT2D eigenvalue weighted by Gasteiger charge is -2.34. The molecule has 32 heavy (non-hydrogen) atoms. The standard InChI is InChI=1S/C23H25N3O5S/c1-16(2)17-5-7-18(8-6-17)32(29,30)26-13-11-25(12-14-26)23(28)19-9-10-20(24-22(19)27)21-4-3-15-31-21/h3-10,15-16H,11-14H2,1-2H3,(H,24,27). The van der Waals surface area contributed by atoms with E-state index in [1.807, 2.05) is 12.1 Å². The number of piperazine rings is 1. The van der Waals surface area contributed by atoms with Crippen LogP contribution in [0.25, 0.3) is 11.5 Å². The van der Waals surface area contributed by atoms with Crippen LogP contribution >= 0.6 is 0 Å². The Morgan fingerprint density at radius 3 is 2.25 bits per heavy atom. The van der Waals surface area contributed by atoms with Gasteiger partial charge in [0.15, 0.2) is 0 Å². The van der Waals surface area contributed by atoms with Gasteiger partial charge in [-0.25, -0.2) is 8.42 Å². The fourth-order valence-corrected chi connectivity index (χ4v) is 5.12. The summed E-state index contributed by atoms with van der Waals surface area (Å²) in [6.45, 7) is 4.86. The fraction of sp³-hybridized carbons (Fsp3) is 0.304. The summed E-state index contributed by atoms with van der Waals surface area (Å²) in [5, 5.41) is 0. The number of pyridine rings is 1. The zero-order chi connectivity index (χ0) is 22.9. The normalized spacial score (nSPS) is 15.3. The maximum absolute atomic E-state index is 13.0. The Kier molecular flexibility index (Phi) is 6.03. The number of hydrogen-bond acceptors (Lipinski definition) is 5. The van der Waals surface area contributed by atoms with Crippen LogP contribution < -0.4 is 5.56 Å². The summed E-state index contributed by atoms with van der Waals surface area (Å²) in [7, 11) is -3.64. The van der Waals surface area contributed by atoms with Crippen molar-refractivity contribution >= 4 is 15.9 Å². The van der Waals surface area contributed by atoms with Crippen LogP contribution in [-0.2, 0) is 10.0 Å². The van der Waals surface area contributed by atoms with Gasteiger partial charge in [-0.1, -0.05) is 26.0 Å². The number of hydrogen-bond donors (Lipinski definition) is 1. The second-order valence-corrected chi connectivity index (χ2v) is 9.95. The first-order valence-corrected chi connectivity index (χ1v) is 11.9. The summed E-state index contributed by atoms with van der Waals surface area (Å²) in [4.78, 5) is 29.7. The second-order valence-electron chi connectivity index (χ2n) is 8.01. The SMILES string of the molecule is CC(C)c1ccc(S(=O)(=O)N2CCN(C(=O)c3ccc(-c4ccco4)[nH]c3=O)CC2)cc1. The molecule has 0 unspecified atom stereocenters. The number of benzene rings is 1. The number of carbonyl (C=O) groups excluding carboxylic acids is 1. The van der Waals surface area contributed by atoms with Gasteiger partial charge in [0.2, 0.25) is 10.0 Å². The van der Waals surface area contributed by atoms with Crippen LogP contribution in [0.15, 0.2) is 68.9 Å². The smallest absolute Gasteiger partial charge is 0.261 e. The van der Waals surface area contributed by atoms with Crippen LogP contribution in [0, 0.1) is 0 Å². The Morgan fingerprint density at radius 1 is 1.00 bits per heavy atom. The molecule has 0 aliphatic carbocycles. The van der Waals surface area contributed by atoms with Gasteiger partial charge in [0.05, 0.1) is 16.9 Å². The summed E-state index contributed by atoms with van der Waals surface area (Å²) in [6, 6.07) is 13.4. The lowest BCUT2D eigenvalue weighted by atomic mass is 10.0. The van der Waals surface area contributed by atoms with Crippen molar-refractivity contribution in [2.45, 2.75) is 24.7 Å². The molecule has 0 atom stereocenters. The van der Waals surface area contributed by atoms with Gasteiger partial charge in [-0.3, -0.25) is 9.59 Å². The first-order chi connectivity index (χ1) is 15.3. The highest BCUT2D eigenvalue weighted by atomic mass is 32.2. The molecule has 9 heteroatoms. The van der Waals surface area contributed by atoms with Gasteiger partial charge in [0, 0.05) is 26.2 Å². The summed E-state index contributed by atoms with van der Waals surface area (Å²) < 4.78 is 32.6. The molecule has 168 valence electrons. The first-order valence-electron chi connectivity index (χ1n) is 10.4. The van der Waals surface area contributed by atoms with E-state index in [1.165, 1.54) is 21.5 Å². The minimum atomic E-state index is -3.64. The van der Waals surface area contributed by atoms with Crippen molar-refractivity contribution in [1.82, 2.24) is 14.2 Å². The minimum absolute atomic E-state index is 0.0147. The summed E-state index contributed by atoms with van der Waals surface area (Å²) in [6.07, 6.45) is 1.50. The van der Waals surface area contributed by atoms with Gasteiger partial charge >= 0.3 is 0 Å². The Morgan fingerprint density at radius 2 is 1.69 bits per heavy atom. The average molecular weight is 456 g/mol. The third-order valence-electron chi connectivity index (χ3n) is 5.64. The molecular formula is C23H25N3O5S. The van der Waals surface area contributed by atoms with Gasteiger partial charge in [-0.2, -0.15) is 4.31 Å². The van der Waals surface area contributed by atoms with Crippen molar-refractivity contribution < 1.29 is 17.6 Å². The summed E-state index contributed by atoms with van der Waals surface area (Å²) in [5.74, 6) is 0.398. The van der Waals surface area contributed by atoms with Crippen LogP contribution in [0.2, 0.25) is 0 Å². The number of H-pyrrole nitrogens is 1. The van der Waals surface area contributed by atoms with E-state index in [0.717, 1.165) is 5.56 Å². The van der Waals surface area contributed by atoms with Crippen LogP contribution in [0.3, 0.4) is 0 Å². The first kappa shape index (κ1) is 22.0. The van der Waals surface area contributed by atoms with Crippen LogP contribution in [0.5, 0.6) is 0 Å². The Labute approximate surface area is 186 Å². The minimum Gasteiger partial charge on any atom is -0.463 e. The van der Waals surface area contributed by atoms with Gasteiger partial charge in [0.25, 0.3) is 11.5 Å². The third kappa shape index (κ3) is 4.26. The molecule has 1 amide bonds. The average Bonchev–Trinajstić information content (AvgIpc) is 3.34. The number of nitrogens with zero attached hydrogens (tertiary/aromatic N) is 2. The van der Waals surface area contributed by atoms with Crippen molar-refractivity contribution in [1.29, 1.82) is 0 Å². The molecule has 0 radical (unpaired) electrons. The lowest BCUT2D eigenvalue weighted by molar-refractivity contribution is 0.0696. The van der Waals surface area contributed by atoms with Crippen molar-refractivity contribution in [2.75, 3.05) is 26.2 Å². The Balaban J connectivity index is 1.44. The van der Waals surface area contributed by atoms with E-state index in [4.69, 9.17) is 4.42 Å². The summed E-state index contributed by atoms with van der Waals surface area (Å²) in [5.41, 5.74) is 1.06. The molecule has 3 aromatic rings. The largest absolute Gasteiger partial charge is 0.463 e. The quantitative estimate of drug-likeness (QED) is 0.637. The van der Waals surface area contributed by atoms with Crippen LogP contribution in [0.1, 0.15) is 35.7 Å². The fourth-order valence-electron chi connectivity index (χ4n) is 3.69. The highest BCUT2D eigenvalue weighted by Gasteiger charge is 2.31. The van der Waals surface area contributed by atoms with Crippen molar-refractivity contribution in [3.63, 3.8) is 0 Å². The number of nitrogens with one attached hydrogen (secondary N) is 1. The van der Waals surface area contributed by atoms with E-state index in [2.05, 4.69) is 18.8 Å². The number of aromatic amines is 1. The highest BCUT2D eigenvalue weighted by Crippen LogP contribution is 2.22. The third-order valence-corrected chi connectivity index (χ3v) is 7.55. The number of rotatable bonds is 5. The van der Waals surface area contributed by atoms with Crippen LogP contribution in [-0.4, -0.2) is 54.7 Å². The predicted octanol–water partition coefficient (Wildman–Crippen LogP) is 2.91. The number of aromatic nitrogens is 1. The van der Waals surface area contributed by atoms with E-state index in [1.54, 1.807) is 30.3 Å². The molecule has 0 bridgehead atoms. The zero-order valence-corrected chi connectivity index (χ0v) is 18.8. The predicted molar refractivity (Wildman–Crippen MR) is 120 cm³/mol. The van der Waals surface area contributed by atoms with Crippen LogP contribution in [0.4, 0.5) is 0 Å². The Hall–Kier alpha value is -3.17. The molecule has 1 aliphatic rings. The molecular weight excluding hydrogens is 430 g/mol. The van der Waals surface area contributed by atoms with Gasteiger partial charge < -0.3 is 14.3 Å². The number of sulfonamides is 1. The molecule has 4 rings (SSSR count). The van der Waals surface area contributed by atoms with Gasteiger partial charge in [-0.15, -0.1) is 0 Å². The summed E-state index contributed by atoms with van der Waals surface area (Å²) >= 11 is 0. The number of carbonyl (C=O) groups is 1. The Bertz CT molecular complexity index is 1250. The maximum atomic E-state index is 13.0. The molecule has 1 aromatic carbocycles. The molecule has 1 fully saturated rings.